The molecule has 0 aliphatic carbocycles. The van der Waals surface area contributed by atoms with Crippen LogP contribution in [0, 0.1) is 0 Å². The third kappa shape index (κ3) is 1.81. The Bertz CT molecular complexity index is 411. The molecule has 0 bridgehead atoms. The number of aliphatic hydroxyl groups excluding tert-OH is 1. The fraction of sp³-hybridized carbons (Fsp3) is 0.417. The average molecular weight is 222 g/mol. The van der Waals surface area contributed by atoms with Gasteiger partial charge in [-0.3, -0.25) is 4.79 Å². The Kier molecular flexibility index (Phi) is 2.69. The van der Waals surface area contributed by atoms with E-state index in [0.29, 0.717) is 17.7 Å². The minimum Gasteiger partial charge on any atom is -0.487 e. The molecule has 1 aromatic carbocycles. The van der Waals surface area contributed by atoms with Crippen LogP contribution >= 0.6 is 0 Å². The molecule has 0 radical (unpaired) electrons. The highest BCUT2D eigenvalue weighted by Crippen LogP contribution is 2.33. The summed E-state index contributed by atoms with van der Waals surface area (Å²) in [4.78, 5) is 10.6. The van der Waals surface area contributed by atoms with Crippen molar-refractivity contribution in [3.63, 3.8) is 0 Å². The highest BCUT2D eigenvalue weighted by atomic mass is 16.5. The molecule has 2 rings (SSSR count). The number of aliphatic hydroxyl groups is 2. The van der Waals surface area contributed by atoms with Crippen LogP contribution in [0.2, 0.25) is 0 Å². The largest absolute Gasteiger partial charge is 0.487 e. The molecule has 4 nitrogen and oxygen atoms in total. The van der Waals surface area contributed by atoms with E-state index in [0.717, 1.165) is 11.8 Å². The number of ether oxygens (including phenoxy) is 1. The molecule has 0 amide bonds. The van der Waals surface area contributed by atoms with Crippen molar-refractivity contribution in [2.24, 2.45) is 0 Å². The smallest absolute Gasteiger partial charge is 0.150 e. The molecule has 2 unspecified atom stereocenters. The van der Waals surface area contributed by atoms with E-state index in [-0.39, 0.29) is 6.61 Å². The standard InChI is InChI=1S/C12H14O4/c1-12(15,7-14)11-5-9-4-8(6-13)2-3-10(9)16-11/h2-4,6,11,14-15H,5,7H2,1H3. The molecular weight excluding hydrogens is 208 g/mol. The predicted octanol–water partition coefficient (Wildman–Crippen LogP) is 0.546. The summed E-state index contributed by atoms with van der Waals surface area (Å²) in [6.45, 7) is 1.18. The first-order valence-electron chi connectivity index (χ1n) is 5.15. The van der Waals surface area contributed by atoms with Crippen LogP contribution in [-0.4, -0.2) is 34.8 Å². The van der Waals surface area contributed by atoms with E-state index >= 15 is 0 Å². The lowest BCUT2D eigenvalue weighted by molar-refractivity contribution is -0.0729. The molecule has 1 aliphatic rings. The highest BCUT2D eigenvalue weighted by Gasteiger charge is 2.37. The topological polar surface area (TPSA) is 66.8 Å². The third-order valence-corrected chi connectivity index (χ3v) is 2.91. The van der Waals surface area contributed by atoms with Crippen molar-refractivity contribution in [2.45, 2.75) is 25.0 Å². The molecule has 1 aromatic rings. The van der Waals surface area contributed by atoms with Gasteiger partial charge >= 0.3 is 0 Å². The van der Waals surface area contributed by atoms with Gasteiger partial charge in [0.2, 0.25) is 0 Å². The van der Waals surface area contributed by atoms with E-state index in [9.17, 15) is 9.90 Å². The van der Waals surface area contributed by atoms with Gasteiger partial charge in [-0.2, -0.15) is 0 Å². The third-order valence-electron chi connectivity index (χ3n) is 2.91. The molecule has 0 saturated heterocycles. The SMILES string of the molecule is CC(O)(CO)C1Cc2cc(C=O)ccc2O1. The molecule has 1 aliphatic heterocycles. The lowest BCUT2D eigenvalue weighted by atomic mass is 9.95. The number of rotatable bonds is 3. The molecule has 86 valence electrons. The molecular formula is C12H14O4. The maximum Gasteiger partial charge on any atom is 0.150 e. The van der Waals surface area contributed by atoms with Gasteiger partial charge in [0.15, 0.2) is 0 Å². The Labute approximate surface area is 93.5 Å². The summed E-state index contributed by atoms with van der Waals surface area (Å²) in [7, 11) is 0. The molecule has 0 fully saturated rings. The number of hydrogen-bond donors (Lipinski definition) is 2. The monoisotopic (exact) mass is 222 g/mol. The molecule has 0 aromatic heterocycles. The first-order chi connectivity index (χ1) is 7.56. The normalized spacial score (nSPS) is 22.1. The molecule has 0 saturated carbocycles. The maximum absolute atomic E-state index is 10.6. The second kappa shape index (κ2) is 3.88. The molecule has 2 atom stereocenters. The van der Waals surface area contributed by atoms with E-state index in [1.807, 2.05) is 0 Å². The second-order valence-electron chi connectivity index (χ2n) is 4.31. The summed E-state index contributed by atoms with van der Waals surface area (Å²) in [6.07, 6.45) is 0.817. The van der Waals surface area contributed by atoms with Crippen molar-refractivity contribution in [1.82, 2.24) is 0 Å². The number of hydrogen-bond acceptors (Lipinski definition) is 4. The van der Waals surface area contributed by atoms with Gasteiger partial charge in [0.1, 0.15) is 23.7 Å². The van der Waals surface area contributed by atoms with Crippen LogP contribution in [0.15, 0.2) is 18.2 Å². The van der Waals surface area contributed by atoms with E-state index in [4.69, 9.17) is 9.84 Å². The second-order valence-corrected chi connectivity index (χ2v) is 4.31. The Balaban J connectivity index is 2.24. The number of benzene rings is 1. The van der Waals surface area contributed by atoms with Crippen LogP contribution < -0.4 is 4.74 Å². The van der Waals surface area contributed by atoms with E-state index in [1.54, 1.807) is 18.2 Å². The van der Waals surface area contributed by atoms with Crippen LogP contribution in [0.4, 0.5) is 0 Å². The lowest BCUT2D eigenvalue weighted by Gasteiger charge is -2.26. The Morgan fingerprint density at radius 3 is 3.00 bits per heavy atom. The zero-order valence-electron chi connectivity index (χ0n) is 9.01. The first kappa shape index (κ1) is 11.1. The molecule has 16 heavy (non-hydrogen) atoms. The summed E-state index contributed by atoms with van der Waals surface area (Å²) in [5.74, 6) is 0.671. The maximum atomic E-state index is 10.6. The number of carbonyl (C=O) groups is 1. The van der Waals surface area contributed by atoms with Gasteiger partial charge < -0.3 is 14.9 Å². The van der Waals surface area contributed by atoms with Crippen LogP contribution in [0.5, 0.6) is 5.75 Å². The summed E-state index contributed by atoms with van der Waals surface area (Å²) < 4.78 is 5.54. The number of aldehydes is 1. The van der Waals surface area contributed by atoms with Crippen LogP contribution in [0.25, 0.3) is 0 Å². The summed E-state index contributed by atoms with van der Waals surface area (Å²) in [6, 6.07) is 5.13. The van der Waals surface area contributed by atoms with Crippen molar-refractivity contribution >= 4 is 6.29 Å². The van der Waals surface area contributed by atoms with Crippen LogP contribution in [-0.2, 0) is 6.42 Å². The fourth-order valence-corrected chi connectivity index (χ4v) is 1.79. The highest BCUT2D eigenvalue weighted by molar-refractivity contribution is 5.75. The lowest BCUT2D eigenvalue weighted by Crippen LogP contribution is -2.45. The van der Waals surface area contributed by atoms with Crippen molar-refractivity contribution in [3.8, 4) is 5.75 Å². The Morgan fingerprint density at radius 1 is 1.62 bits per heavy atom. The van der Waals surface area contributed by atoms with Gasteiger partial charge in [0, 0.05) is 12.0 Å². The van der Waals surface area contributed by atoms with Gasteiger partial charge in [-0.25, -0.2) is 0 Å². The fourth-order valence-electron chi connectivity index (χ4n) is 1.79. The minimum absolute atomic E-state index is 0.355. The van der Waals surface area contributed by atoms with E-state index < -0.39 is 11.7 Å². The Morgan fingerprint density at radius 2 is 2.38 bits per heavy atom. The van der Waals surface area contributed by atoms with Crippen LogP contribution in [0.3, 0.4) is 0 Å². The zero-order chi connectivity index (χ0) is 11.8. The summed E-state index contributed by atoms with van der Waals surface area (Å²) in [5.41, 5.74) is 0.218. The quantitative estimate of drug-likeness (QED) is 0.733. The van der Waals surface area contributed by atoms with Gasteiger partial charge in [0.25, 0.3) is 0 Å². The summed E-state index contributed by atoms with van der Waals surface area (Å²) >= 11 is 0. The summed E-state index contributed by atoms with van der Waals surface area (Å²) in [5, 5.41) is 18.9. The molecule has 2 N–H and O–H groups in total. The zero-order valence-corrected chi connectivity index (χ0v) is 9.01. The van der Waals surface area contributed by atoms with Gasteiger partial charge in [0.05, 0.1) is 6.61 Å². The van der Waals surface area contributed by atoms with E-state index in [1.165, 1.54) is 6.92 Å². The van der Waals surface area contributed by atoms with Crippen molar-refractivity contribution in [2.75, 3.05) is 6.61 Å². The predicted molar refractivity (Wildman–Crippen MR) is 57.7 cm³/mol. The number of carbonyl (C=O) groups excluding carboxylic acids is 1. The Hall–Kier alpha value is -1.39. The number of fused-ring (bicyclic) bond motifs is 1. The minimum atomic E-state index is -1.26. The van der Waals surface area contributed by atoms with Gasteiger partial charge in [-0.05, 0) is 30.7 Å². The average Bonchev–Trinajstić information content (AvgIpc) is 2.72. The van der Waals surface area contributed by atoms with E-state index in [2.05, 4.69) is 0 Å². The van der Waals surface area contributed by atoms with Gasteiger partial charge in [-0.1, -0.05) is 0 Å². The van der Waals surface area contributed by atoms with Gasteiger partial charge in [-0.15, -0.1) is 0 Å². The first-order valence-corrected chi connectivity index (χ1v) is 5.15. The van der Waals surface area contributed by atoms with Crippen molar-refractivity contribution in [1.29, 1.82) is 0 Å². The molecule has 4 heteroatoms. The molecule has 1 heterocycles. The van der Waals surface area contributed by atoms with Crippen molar-refractivity contribution < 1.29 is 19.7 Å². The molecule has 0 spiro atoms. The van der Waals surface area contributed by atoms with Crippen LogP contribution in [0.1, 0.15) is 22.8 Å². The van der Waals surface area contributed by atoms with Crippen molar-refractivity contribution in [3.05, 3.63) is 29.3 Å².